The first-order valence-electron chi connectivity index (χ1n) is 11.4. The lowest BCUT2D eigenvalue weighted by Crippen LogP contribution is -2.43. The molecular formula is C24H25F3N4O4. The molecule has 1 atom stereocenters. The molecule has 0 unspecified atom stereocenters. The summed E-state index contributed by atoms with van der Waals surface area (Å²) in [7, 11) is 0. The molecule has 3 aromatic rings. The van der Waals surface area contributed by atoms with E-state index < -0.39 is 30.0 Å². The molecule has 2 aromatic heterocycles. The number of furan rings is 1. The Kier molecular flexibility index (Phi) is 6.14. The van der Waals surface area contributed by atoms with Crippen LogP contribution in [0.1, 0.15) is 54.7 Å². The van der Waals surface area contributed by atoms with Gasteiger partial charge in [0.1, 0.15) is 29.0 Å². The van der Waals surface area contributed by atoms with Crippen molar-refractivity contribution in [1.29, 1.82) is 0 Å². The number of carbonyl (C=O) groups is 1. The number of aromatic nitrogens is 2. The number of alkyl halides is 2. The van der Waals surface area contributed by atoms with Gasteiger partial charge >= 0.3 is 0 Å². The number of rotatable bonds is 8. The standard InChI is InChI=1S/C24H25F3N4O4/c1-12(14-4-3-5-15-16(25)11-35-20(14)15)28-21-19(22-33-8-9-34-22)17(29-13(2)30-21)10-18(32)31-24(6-7-24)23(26)27/h3-5,11-12,22-23H,6-10H2,1-2H3,(H,31,32)(H,28,29,30)/t12-/m1/s1. The molecule has 1 aromatic carbocycles. The van der Waals surface area contributed by atoms with Crippen molar-refractivity contribution in [2.75, 3.05) is 18.5 Å². The van der Waals surface area contributed by atoms with E-state index in [0.29, 0.717) is 52.6 Å². The minimum atomic E-state index is -2.63. The fourth-order valence-corrected chi connectivity index (χ4v) is 4.34. The van der Waals surface area contributed by atoms with Gasteiger partial charge < -0.3 is 24.5 Å². The van der Waals surface area contributed by atoms with Crippen molar-refractivity contribution in [2.24, 2.45) is 0 Å². The SMILES string of the molecule is Cc1nc(CC(=O)NC2(C(F)F)CC2)c(C2OCCO2)c(N[C@H](C)c2cccc3c(F)coc23)n1. The Hall–Kier alpha value is -3.18. The van der Waals surface area contributed by atoms with Crippen LogP contribution >= 0.6 is 0 Å². The molecule has 1 amide bonds. The highest BCUT2D eigenvalue weighted by Crippen LogP contribution is 2.41. The number of carbonyl (C=O) groups excluding carboxylic acids is 1. The number of hydrogen-bond donors (Lipinski definition) is 2. The molecular weight excluding hydrogens is 465 g/mol. The zero-order valence-electron chi connectivity index (χ0n) is 19.2. The van der Waals surface area contributed by atoms with Gasteiger partial charge in [-0.3, -0.25) is 4.79 Å². The Bertz CT molecular complexity index is 1260. The van der Waals surface area contributed by atoms with Crippen LogP contribution in [-0.4, -0.2) is 41.1 Å². The summed E-state index contributed by atoms with van der Waals surface area (Å²) in [5.74, 6) is -0.263. The predicted octanol–water partition coefficient (Wildman–Crippen LogP) is 4.35. The third-order valence-corrected chi connectivity index (χ3v) is 6.32. The summed E-state index contributed by atoms with van der Waals surface area (Å²) in [6.45, 7) is 4.22. The molecule has 11 heteroatoms. The van der Waals surface area contributed by atoms with E-state index in [1.54, 1.807) is 19.1 Å². The number of para-hydroxylation sites is 1. The van der Waals surface area contributed by atoms with E-state index in [1.807, 2.05) is 13.0 Å². The summed E-state index contributed by atoms with van der Waals surface area (Å²) in [5.41, 5.74) is 0.409. The number of anilines is 1. The van der Waals surface area contributed by atoms with E-state index in [1.165, 1.54) is 0 Å². The van der Waals surface area contributed by atoms with Crippen LogP contribution in [0.4, 0.5) is 19.0 Å². The van der Waals surface area contributed by atoms with Crippen molar-refractivity contribution in [3.05, 3.63) is 52.9 Å². The van der Waals surface area contributed by atoms with E-state index in [2.05, 4.69) is 20.6 Å². The first-order chi connectivity index (χ1) is 16.8. The van der Waals surface area contributed by atoms with Crippen LogP contribution in [0.2, 0.25) is 0 Å². The molecule has 0 spiro atoms. The molecule has 1 aliphatic heterocycles. The Morgan fingerprint density at radius 2 is 1.97 bits per heavy atom. The predicted molar refractivity (Wildman–Crippen MR) is 119 cm³/mol. The minimum Gasteiger partial charge on any atom is -0.461 e. The molecule has 1 saturated carbocycles. The average Bonchev–Trinajstić information content (AvgIpc) is 3.21. The molecule has 5 rings (SSSR count). The van der Waals surface area contributed by atoms with Crippen LogP contribution in [0.25, 0.3) is 11.0 Å². The fraction of sp³-hybridized carbons (Fsp3) is 0.458. The molecule has 1 aliphatic carbocycles. The summed E-state index contributed by atoms with van der Waals surface area (Å²) in [6.07, 6.45) is -2.15. The number of halogens is 3. The van der Waals surface area contributed by atoms with Crippen molar-refractivity contribution in [1.82, 2.24) is 15.3 Å². The summed E-state index contributed by atoms with van der Waals surface area (Å²) < 4.78 is 57.5. The molecule has 1 saturated heterocycles. The van der Waals surface area contributed by atoms with E-state index >= 15 is 0 Å². The fourth-order valence-electron chi connectivity index (χ4n) is 4.34. The van der Waals surface area contributed by atoms with Gasteiger partial charge in [-0.1, -0.05) is 12.1 Å². The number of amides is 1. The number of benzene rings is 1. The molecule has 2 N–H and O–H groups in total. The quantitative estimate of drug-likeness (QED) is 0.485. The van der Waals surface area contributed by atoms with Gasteiger partial charge in [0.25, 0.3) is 6.43 Å². The lowest BCUT2D eigenvalue weighted by molar-refractivity contribution is -0.122. The van der Waals surface area contributed by atoms with Gasteiger partial charge in [0.2, 0.25) is 5.91 Å². The molecule has 0 bridgehead atoms. The first kappa shape index (κ1) is 23.6. The Balaban J connectivity index is 1.47. The molecule has 0 radical (unpaired) electrons. The topological polar surface area (TPSA) is 98.5 Å². The number of nitrogens with one attached hydrogen (secondary N) is 2. The molecule has 2 fully saturated rings. The number of hydrogen-bond acceptors (Lipinski definition) is 7. The molecule has 186 valence electrons. The zero-order valence-corrected chi connectivity index (χ0v) is 19.2. The monoisotopic (exact) mass is 490 g/mol. The number of ether oxygens (including phenoxy) is 2. The van der Waals surface area contributed by atoms with Crippen LogP contribution in [0.3, 0.4) is 0 Å². The third kappa shape index (κ3) is 4.57. The van der Waals surface area contributed by atoms with Gasteiger partial charge in [0.05, 0.1) is 42.3 Å². The molecule has 35 heavy (non-hydrogen) atoms. The van der Waals surface area contributed by atoms with Gasteiger partial charge in [0.15, 0.2) is 12.1 Å². The Labute approximate surface area is 199 Å². The molecule has 2 aliphatic rings. The second kappa shape index (κ2) is 9.12. The van der Waals surface area contributed by atoms with Crippen LogP contribution in [-0.2, 0) is 20.7 Å². The summed E-state index contributed by atoms with van der Waals surface area (Å²) in [5, 5.41) is 6.12. The number of aryl methyl sites for hydroxylation is 1. The van der Waals surface area contributed by atoms with E-state index in [4.69, 9.17) is 13.9 Å². The van der Waals surface area contributed by atoms with Crippen LogP contribution in [0.5, 0.6) is 0 Å². The van der Waals surface area contributed by atoms with Crippen molar-refractivity contribution >= 4 is 22.7 Å². The Morgan fingerprint density at radius 3 is 2.66 bits per heavy atom. The van der Waals surface area contributed by atoms with Crippen molar-refractivity contribution in [2.45, 2.75) is 57.4 Å². The summed E-state index contributed by atoms with van der Waals surface area (Å²) in [4.78, 5) is 21.6. The lowest BCUT2D eigenvalue weighted by Gasteiger charge is -2.23. The second-order valence-corrected chi connectivity index (χ2v) is 8.91. The average molecular weight is 490 g/mol. The minimum absolute atomic E-state index is 0.238. The largest absolute Gasteiger partial charge is 0.461 e. The summed E-state index contributed by atoms with van der Waals surface area (Å²) in [6, 6.07) is 4.80. The van der Waals surface area contributed by atoms with Crippen molar-refractivity contribution < 1.29 is 31.9 Å². The van der Waals surface area contributed by atoms with Crippen molar-refractivity contribution in [3.8, 4) is 0 Å². The highest BCUT2D eigenvalue weighted by Gasteiger charge is 2.52. The van der Waals surface area contributed by atoms with E-state index in [9.17, 15) is 18.0 Å². The normalized spacial score (nSPS) is 18.2. The zero-order chi connectivity index (χ0) is 24.7. The number of nitrogens with zero attached hydrogens (tertiary/aromatic N) is 2. The lowest BCUT2D eigenvalue weighted by atomic mass is 10.0. The highest BCUT2D eigenvalue weighted by atomic mass is 19.3. The Morgan fingerprint density at radius 1 is 1.23 bits per heavy atom. The van der Waals surface area contributed by atoms with Crippen LogP contribution in [0, 0.1) is 12.7 Å². The smallest absolute Gasteiger partial charge is 0.261 e. The highest BCUT2D eigenvalue weighted by molar-refractivity contribution is 5.82. The van der Waals surface area contributed by atoms with Crippen LogP contribution < -0.4 is 10.6 Å². The van der Waals surface area contributed by atoms with Crippen molar-refractivity contribution in [3.63, 3.8) is 0 Å². The van der Waals surface area contributed by atoms with E-state index in [-0.39, 0.29) is 25.3 Å². The molecule has 3 heterocycles. The van der Waals surface area contributed by atoms with Gasteiger partial charge in [-0.05, 0) is 32.8 Å². The van der Waals surface area contributed by atoms with Gasteiger partial charge in [-0.15, -0.1) is 0 Å². The second-order valence-electron chi connectivity index (χ2n) is 8.91. The first-order valence-corrected chi connectivity index (χ1v) is 11.4. The van der Waals surface area contributed by atoms with Gasteiger partial charge in [-0.2, -0.15) is 0 Å². The van der Waals surface area contributed by atoms with Gasteiger partial charge in [0, 0.05) is 5.56 Å². The maximum Gasteiger partial charge on any atom is 0.261 e. The maximum atomic E-state index is 14.0. The third-order valence-electron chi connectivity index (χ3n) is 6.32. The molecule has 8 nitrogen and oxygen atoms in total. The van der Waals surface area contributed by atoms with Crippen LogP contribution in [0.15, 0.2) is 28.9 Å². The number of fused-ring (bicyclic) bond motifs is 1. The maximum absolute atomic E-state index is 14.0. The summed E-state index contributed by atoms with van der Waals surface area (Å²) >= 11 is 0. The van der Waals surface area contributed by atoms with E-state index in [0.717, 1.165) is 6.26 Å². The van der Waals surface area contributed by atoms with Gasteiger partial charge in [-0.25, -0.2) is 23.1 Å².